The van der Waals surface area contributed by atoms with Crippen LogP contribution in [0.5, 0.6) is 0 Å². The topological polar surface area (TPSA) is 134 Å². The van der Waals surface area contributed by atoms with Crippen LogP contribution >= 0.6 is 23.1 Å². The quantitative estimate of drug-likeness (QED) is 0.404. The fourth-order valence-electron chi connectivity index (χ4n) is 1.96. The van der Waals surface area contributed by atoms with Gasteiger partial charge < -0.3 is 25.3 Å². The zero-order chi connectivity index (χ0) is 20.4. The van der Waals surface area contributed by atoms with E-state index in [1.54, 1.807) is 13.8 Å². The Labute approximate surface area is 164 Å². The third-order valence-corrected chi connectivity index (χ3v) is 5.23. The van der Waals surface area contributed by atoms with Crippen LogP contribution in [-0.4, -0.2) is 62.2 Å². The number of nitrogens with one attached hydrogen (secondary N) is 1. The number of carbonyl (C=O) groups excluding carboxylic acids is 4. The summed E-state index contributed by atoms with van der Waals surface area (Å²) in [6.07, 6.45) is 0. The summed E-state index contributed by atoms with van der Waals surface area (Å²) in [6, 6.07) is 0. The highest BCUT2D eigenvalue weighted by Gasteiger charge is 2.25. The van der Waals surface area contributed by atoms with Crippen molar-refractivity contribution < 1.29 is 33.4 Å². The van der Waals surface area contributed by atoms with Crippen LogP contribution in [-0.2, 0) is 23.8 Å². The number of esters is 2. The average Bonchev–Trinajstić information content (AvgIpc) is 2.91. The van der Waals surface area contributed by atoms with Crippen LogP contribution in [0.1, 0.15) is 32.5 Å². The number of primary amides is 1. The SMILES string of the molecule is CCOC(=O)CSCC(=O)Nc1sc(C(N)=O)c(C)c1C(=O)OCCOC. The molecule has 0 aromatic carbocycles. The summed E-state index contributed by atoms with van der Waals surface area (Å²) in [4.78, 5) is 47.4. The van der Waals surface area contributed by atoms with E-state index in [2.05, 4.69) is 5.32 Å². The second-order valence-corrected chi connectivity index (χ2v) is 7.11. The van der Waals surface area contributed by atoms with E-state index in [0.717, 1.165) is 23.1 Å². The zero-order valence-electron chi connectivity index (χ0n) is 15.3. The molecule has 3 N–H and O–H groups in total. The molecular weight excluding hydrogens is 396 g/mol. The Balaban J connectivity index is 2.84. The Hall–Kier alpha value is -2.11. The highest BCUT2D eigenvalue weighted by Crippen LogP contribution is 2.33. The van der Waals surface area contributed by atoms with Crippen LogP contribution in [0.4, 0.5) is 5.00 Å². The number of anilines is 1. The van der Waals surface area contributed by atoms with Crippen molar-refractivity contribution in [2.45, 2.75) is 13.8 Å². The summed E-state index contributed by atoms with van der Waals surface area (Å²) in [5.41, 5.74) is 5.74. The molecule has 9 nitrogen and oxygen atoms in total. The lowest BCUT2D eigenvalue weighted by atomic mass is 10.1. The predicted molar refractivity (Wildman–Crippen MR) is 102 cm³/mol. The van der Waals surface area contributed by atoms with Gasteiger partial charge in [0.05, 0.1) is 35.2 Å². The first-order valence-electron chi connectivity index (χ1n) is 7.94. The van der Waals surface area contributed by atoms with Crippen molar-refractivity contribution in [2.24, 2.45) is 5.73 Å². The minimum Gasteiger partial charge on any atom is -0.465 e. The Morgan fingerprint density at radius 1 is 1.15 bits per heavy atom. The molecule has 150 valence electrons. The molecule has 1 rings (SSSR count). The molecule has 0 spiro atoms. The third kappa shape index (κ3) is 7.19. The zero-order valence-corrected chi connectivity index (χ0v) is 16.9. The Morgan fingerprint density at radius 3 is 2.44 bits per heavy atom. The fourth-order valence-corrected chi connectivity index (χ4v) is 3.64. The molecule has 0 bridgehead atoms. The number of hydrogen-bond acceptors (Lipinski definition) is 9. The van der Waals surface area contributed by atoms with Gasteiger partial charge in [-0.2, -0.15) is 0 Å². The summed E-state index contributed by atoms with van der Waals surface area (Å²) >= 11 is 1.97. The lowest BCUT2D eigenvalue weighted by Crippen LogP contribution is -2.18. The molecule has 0 saturated carbocycles. The van der Waals surface area contributed by atoms with Gasteiger partial charge in [0.1, 0.15) is 11.6 Å². The van der Waals surface area contributed by atoms with E-state index in [4.69, 9.17) is 19.9 Å². The minimum absolute atomic E-state index is 0.0271. The normalized spacial score (nSPS) is 10.3. The Kier molecular flexibility index (Phi) is 9.83. The molecule has 0 fully saturated rings. The molecule has 27 heavy (non-hydrogen) atoms. The molecule has 2 amide bonds. The van der Waals surface area contributed by atoms with Gasteiger partial charge in [-0.1, -0.05) is 0 Å². The maximum atomic E-state index is 12.3. The van der Waals surface area contributed by atoms with Gasteiger partial charge in [-0.15, -0.1) is 23.1 Å². The van der Waals surface area contributed by atoms with Crippen molar-refractivity contribution in [3.8, 4) is 0 Å². The van der Waals surface area contributed by atoms with Gasteiger partial charge in [0.15, 0.2) is 0 Å². The van der Waals surface area contributed by atoms with Gasteiger partial charge in [-0.25, -0.2) is 4.79 Å². The number of thioether (sulfide) groups is 1. The molecule has 0 aliphatic rings. The number of methoxy groups -OCH3 is 1. The van der Waals surface area contributed by atoms with Crippen LogP contribution in [0.15, 0.2) is 0 Å². The summed E-state index contributed by atoms with van der Waals surface area (Å²) in [5.74, 6) is -2.25. The van der Waals surface area contributed by atoms with Crippen molar-refractivity contribution in [2.75, 3.05) is 43.8 Å². The second-order valence-electron chi connectivity index (χ2n) is 5.10. The van der Waals surface area contributed by atoms with E-state index in [1.807, 2.05) is 0 Å². The Bertz CT molecular complexity index is 703. The number of carbonyl (C=O) groups is 4. The van der Waals surface area contributed by atoms with Crippen LogP contribution < -0.4 is 11.1 Å². The molecule has 1 aromatic rings. The third-order valence-electron chi connectivity index (χ3n) is 3.11. The Morgan fingerprint density at radius 2 is 1.85 bits per heavy atom. The molecular formula is C16H22N2O7S2. The highest BCUT2D eigenvalue weighted by molar-refractivity contribution is 8.00. The standard InChI is InChI=1S/C16H22N2O7S2/c1-4-24-11(20)8-26-7-10(19)18-15-12(16(22)25-6-5-23-3)9(2)13(27-15)14(17)21/h4-8H2,1-3H3,(H2,17,21)(H,18,19). The summed E-state index contributed by atoms with van der Waals surface area (Å²) in [6.45, 7) is 3.75. The molecule has 0 radical (unpaired) electrons. The van der Waals surface area contributed by atoms with E-state index >= 15 is 0 Å². The molecule has 0 aliphatic carbocycles. The van der Waals surface area contributed by atoms with Crippen molar-refractivity contribution >= 4 is 51.9 Å². The summed E-state index contributed by atoms with van der Waals surface area (Å²) in [5, 5.41) is 2.74. The van der Waals surface area contributed by atoms with Gasteiger partial charge in [0.25, 0.3) is 5.91 Å². The van der Waals surface area contributed by atoms with Gasteiger partial charge in [-0.3, -0.25) is 14.4 Å². The predicted octanol–water partition coefficient (Wildman–Crippen LogP) is 1.19. The number of thiophene rings is 1. The maximum absolute atomic E-state index is 12.3. The number of nitrogens with two attached hydrogens (primary N) is 1. The van der Waals surface area contributed by atoms with Crippen LogP contribution in [0.3, 0.4) is 0 Å². The molecule has 1 heterocycles. The van der Waals surface area contributed by atoms with Crippen LogP contribution in [0, 0.1) is 6.92 Å². The highest BCUT2D eigenvalue weighted by atomic mass is 32.2. The molecule has 0 aliphatic heterocycles. The summed E-state index contributed by atoms with van der Waals surface area (Å²) in [7, 11) is 1.47. The lowest BCUT2D eigenvalue weighted by Gasteiger charge is -2.08. The van der Waals surface area contributed by atoms with Crippen LogP contribution in [0.25, 0.3) is 0 Å². The monoisotopic (exact) mass is 418 g/mol. The van der Waals surface area contributed by atoms with E-state index < -0.39 is 23.8 Å². The van der Waals surface area contributed by atoms with Gasteiger partial charge in [-0.05, 0) is 19.4 Å². The van der Waals surface area contributed by atoms with Crippen molar-refractivity contribution in [3.05, 3.63) is 16.0 Å². The van der Waals surface area contributed by atoms with E-state index in [1.165, 1.54) is 7.11 Å². The fraction of sp³-hybridized carbons (Fsp3) is 0.500. The maximum Gasteiger partial charge on any atom is 0.341 e. The minimum atomic E-state index is -0.708. The molecule has 0 atom stereocenters. The van der Waals surface area contributed by atoms with Crippen molar-refractivity contribution in [1.82, 2.24) is 0 Å². The smallest absolute Gasteiger partial charge is 0.341 e. The van der Waals surface area contributed by atoms with Crippen molar-refractivity contribution in [3.63, 3.8) is 0 Å². The molecule has 0 saturated heterocycles. The number of ether oxygens (including phenoxy) is 3. The second kappa shape index (κ2) is 11.6. The summed E-state index contributed by atoms with van der Waals surface area (Å²) < 4.78 is 14.7. The van der Waals surface area contributed by atoms with Crippen molar-refractivity contribution in [1.29, 1.82) is 0 Å². The average molecular weight is 418 g/mol. The first-order valence-corrected chi connectivity index (χ1v) is 9.91. The number of amides is 2. The van der Waals surface area contributed by atoms with E-state index in [-0.39, 0.29) is 46.8 Å². The van der Waals surface area contributed by atoms with Gasteiger partial charge in [0.2, 0.25) is 5.91 Å². The van der Waals surface area contributed by atoms with Gasteiger partial charge in [0, 0.05) is 7.11 Å². The van der Waals surface area contributed by atoms with E-state index in [0.29, 0.717) is 5.56 Å². The number of rotatable bonds is 11. The van der Waals surface area contributed by atoms with Crippen LogP contribution in [0.2, 0.25) is 0 Å². The first kappa shape index (κ1) is 22.9. The first-order chi connectivity index (χ1) is 12.8. The lowest BCUT2D eigenvalue weighted by molar-refractivity contribution is -0.139. The molecule has 11 heteroatoms. The number of hydrogen-bond donors (Lipinski definition) is 2. The van der Waals surface area contributed by atoms with Gasteiger partial charge >= 0.3 is 11.9 Å². The van der Waals surface area contributed by atoms with E-state index in [9.17, 15) is 19.2 Å². The molecule has 1 aromatic heterocycles. The largest absolute Gasteiger partial charge is 0.465 e. The molecule has 0 unspecified atom stereocenters.